The van der Waals surface area contributed by atoms with Crippen molar-refractivity contribution in [2.75, 3.05) is 0 Å². The Bertz CT molecular complexity index is 684. The predicted octanol–water partition coefficient (Wildman–Crippen LogP) is 3.88. The summed E-state index contributed by atoms with van der Waals surface area (Å²) in [4.78, 5) is 9.10. The maximum Gasteiger partial charge on any atom is 0.110 e. The lowest BCUT2D eigenvalue weighted by Gasteiger charge is -2.15. The Morgan fingerprint density at radius 2 is 1.16 bits per heavy atom. The van der Waals surface area contributed by atoms with Gasteiger partial charge in [0, 0.05) is 23.5 Å². The molecule has 0 N–H and O–H groups in total. The van der Waals surface area contributed by atoms with Gasteiger partial charge in [0.15, 0.2) is 0 Å². The zero-order chi connectivity index (χ0) is 13.6. The Morgan fingerprint density at radius 1 is 0.737 bits per heavy atom. The summed E-state index contributed by atoms with van der Waals surface area (Å²) in [6, 6.07) is 0. The molecule has 0 radical (unpaired) electrons. The summed E-state index contributed by atoms with van der Waals surface area (Å²) in [5.74, 6) is 0.707. The molecule has 0 aliphatic rings. The van der Waals surface area contributed by atoms with Crippen LogP contribution in [-0.2, 0) is 0 Å². The number of hydrogen-bond donors (Lipinski definition) is 0. The highest BCUT2D eigenvalue weighted by Gasteiger charge is 2.22. The molecule has 1 aromatic carbocycles. The van der Waals surface area contributed by atoms with Gasteiger partial charge in [-0.1, -0.05) is 27.7 Å². The second-order valence-electron chi connectivity index (χ2n) is 5.35. The second kappa shape index (κ2) is 4.49. The van der Waals surface area contributed by atoms with Gasteiger partial charge in [-0.25, -0.2) is 0 Å². The van der Waals surface area contributed by atoms with Gasteiger partial charge >= 0.3 is 0 Å². The average molecular weight is 272 g/mol. The minimum atomic E-state index is 0.354. The number of nitrogens with zero attached hydrogens (tertiary/aromatic N) is 4. The maximum absolute atomic E-state index is 4.55. The van der Waals surface area contributed by atoms with Gasteiger partial charge in [-0.05, 0) is 11.8 Å². The number of aromatic nitrogens is 4. The minimum Gasteiger partial charge on any atom is -0.253 e. The van der Waals surface area contributed by atoms with E-state index in [0.717, 1.165) is 33.2 Å². The van der Waals surface area contributed by atoms with Crippen molar-refractivity contribution in [2.45, 2.75) is 39.5 Å². The summed E-state index contributed by atoms with van der Waals surface area (Å²) < 4.78 is 8.99. The summed E-state index contributed by atoms with van der Waals surface area (Å²) in [6.45, 7) is 8.66. The standard InChI is InChI=1S/C14H16N4S/c1-7(2)9-11-12(16-6-5-15-11)10(8(3)4)14-13(9)17-19-18-14/h5-8H,1-4H3. The third kappa shape index (κ3) is 1.80. The first-order valence-electron chi connectivity index (χ1n) is 6.50. The van der Waals surface area contributed by atoms with Crippen LogP contribution in [0.25, 0.3) is 22.1 Å². The van der Waals surface area contributed by atoms with E-state index in [0.29, 0.717) is 11.8 Å². The van der Waals surface area contributed by atoms with Crippen molar-refractivity contribution >= 4 is 33.8 Å². The fourth-order valence-corrected chi connectivity index (χ4v) is 3.17. The van der Waals surface area contributed by atoms with Crippen molar-refractivity contribution in [1.29, 1.82) is 0 Å². The Kier molecular flexibility index (Phi) is 2.93. The summed E-state index contributed by atoms with van der Waals surface area (Å²) >= 11 is 1.27. The SMILES string of the molecule is CC(C)c1c2nccnc2c(C(C)C)c2nsnc12. The Balaban J connectivity index is 2.59. The Morgan fingerprint density at radius 3 is 1.53 bits per heavy atom. The topological polar surface area (TPSA) is 51.6 Å². The molecule has 0 saturated heterocycles. The molecular formula is C14H16N4S. The minimum absolute atomic E-state index is 0.354. The largest absolute Gasteiger partial charge is 0.253 e. The quantitative estimate of drug-likeness (QED) is 0.710. The highest BCUT2D eigenvalue weighted by Crippen LogP contribution is 2.36. The lowest BCUT2D eigenvalue weighted by atomic mass is 9.92. The van der Waals surface area contributed by atoms with Gasteiger partial charge in [0.25, 0.3) is 0 Å². The molecule has 0 fully saturated rings. The molecule has 0 saturated carbocycles. The first kappa shape index (κ1) is 12.4. The van der Waals surface area contributed by atoms with Crippen LogP contribution in [0.3, 0.4) is 0 Å². The molecule has 0 atom stereocenters. The van der Waals surface area contributed by atoms with Gasteiger partial charge < -0.3 is 0 Å². The third-order valence-corrected chi connectivity index (χ3v) is 3.89. The van der Waals surface area contributed by atoms with Crippen LogP contribution < -0.4 is 0 Å². The zero-order valence-electron chi connectivity index (χ0n) is 11.5. The van der Waals surface area contributed by atoms with Gasteiger partial charge in [-0.3, -0.25) is 9.97 Å². The number of rotatable bonds is 2. The molecule has 98 valence electrons. The first-order valence-corrected chi connectivity index (χ1v) is 7.23. The number of hydrogen-bond acceptors (Lipinski definition) is 5. The van der Waals surface area contributed by atoms with Crippen LogP contribution in [0.5, 0.6) is 0 Å². The van der Waals surface area contributed by atoms with E-state index in [9.17, 15) is 0 Å². The number of benzene rings is 1. The summed E-state index contributed by atoms with van der Waals surface area (Å²) in [5.41, 5.74) is 6.27. The van der Waals surface area contributed by atoms with Gasteiger partial charge in [0.05, 0.1) is 22.8 Å². The van der Waals surface area contributed by atoms with Crippen LogP contribution in [0.2, 0.25) is 0 Å². The first-order chi connectivity index (χ1) is 9.11. The second-order valence-corrected chi connectivity index (χ2v) is 5.88. The molecule has 19 heavy (non-hydrogen) atoms. The molecular weight excluding hydrogens is 256 g/mol. The van der Waals surface area contributed by atoms with Crippen LogP contribution >= 0.6 is 11.7 Å². The van der Waals surface area contributed by atoms with Gasteiger partial charge in [0.1, 0.15) is 11.0 Å². The van der Waals surface area contributed by atoms with E-state index < -0.39 is 0 Å². The maximum atomic E-state index is 4.55. The summed E-state index contributed by atoms with van der Waals surface area (Å²) in [5, 5.41) is 0. The van der Waals surface area contributed by atoms with Crippen molar-refractivity contribution < 1.29 is 0 Å². The fourth-order valence-electron chi connectivity index (χ4n) is 2.59. The molecule has 3 rings (SSSR count). The molecule has 2 heterocycles. The van der Waals surface area contributed by atoms with E-state index in [2.05, 4.69) is 46.4 Å². The molecule has 3 aromatic rings. The van der Waals surface area contributed by atoms with Crippen molar-refractivity contribution in [1.82, 2.24) is 18.7 Å². The van der Waals surface area contributed by atoms with Crippen molar-refractivity contribution in [2.24, 2.45) is 0 Å². The molecule has 4 nitrogen and oxygen atoms in total. The summed E-state index contributed by atoms with van der Waals surface area (Å²) in [7, 11) is 0. The highest BCUT2D eigenvalue weighted by molar-refractivity contribution is 7.00. The average Bonchev–Trinajstić information content (AvgIpc) is 2.82. The van der Waals surface area contributed by atoms with E-state index >= 15 is 0 Å². The molecule has 5 heteroatoms. The van der Waals surface area contributed by atoms with Crippen LogP contribution in [-0.4, -0.2) is 18.7 Å². The fraction of sp³-hybridized carbons (Fsp3) is 0.429. The Labute approximate surface area is 116 Å². The van der Waals surface area contributed by atoms with Crippen LogP contribution in [0.4, 0.5) is 0 Å². The Hall–Kier alpha value is -1.62. The summed E-state index contributed by atoms with van der Waals surface area (Å²) in [6.07, 6.45) is 3.51. The van der Waals surface area contributed by atoms with Gasteiger partial charge in [-0.2, -0.15) is 8.75 Å². The van der Waals surface area contributed by atoms with Crippen LogP contribution in [0, 0.1) is 0 Å². The number of fused-ring (bicyclic) bond motifs is 2. The van der Waals surface area contributed by atoms with E-state index in [1.807, 2.05) is 0 Å². The van der Waals surface area contributed by atoms with E-state index in [4.69, 9.17) is 0 Å². The van der Waals surface area contributed by atoms with E-state index in [1.54, 1.807) is 12.4 Å². The molecule has 2 aromatic heterocycles. The van der Waals surface area contributed by atoms with Crippen molar-refractivity contribution in [3.05, 3.63) is 23.5 Å². The van der Waals surface area contributed by atoms with Crippen LogP contribution in [0.1, 0.15) is 50.7 Å². The lowest BCUT2D eigenvalue weighted by molar-refractivity contribution is 0.863. The lowest BCUT2D eigenvalue weighted by Crippen LogP contribution is -2.01. The predicted molar refractivity (Wildman–Crippen MR) is 78.7 cm³/mol. The molecule has 0 amide bonds. The van der Waals surface area contributed by atoms with Gasteiger partial charge in [-0.15, -0.1) is 0 Å². The smallest absolute Gasteiger partial charge is 0.110 e. The third-order valence-electron chi connectivity index (χ3n) is 3.36. The van der Waals surface area contributed by atoms with E-state index in [1.165, 1.54) is 11.7 Å². The molecule has 0 spiro atoms. The van der Waals surface area contributed by atoms with Crippen molar-refractivity contribution in [3.63, 3.8) is 0 Å². The molecule has 0 bridgehead atoms. The molecule has 0 aliphatic carbocycles. The highest BCUT2D eigenvalue weighted by atomic mass is 32.1. The van der Waals surface area contributed by atoms with Gasteiger partial charge in [0.2, 0.25) is 0 Å². The van der Waals surface area contributed by atoms with Crippen LogP contribution in [0.15, 0.2) is 12.4 Å². The molecule has 0 aliphatic heterocycles. The monoisotopic (exact) mass is 272 g/mol. The molecule has 0 unspecified atom stereocenters. The van der Waals surface area contributed by atoms with Crippen molar-refractivity contribution in [3.8, 4) is 0 Å². The normalized spacial score (nSPS) is 12.1. The zero-order valence-corrected chi connectivity index (χ0v) is 12.3. The van der Waals surface area contributed by atoms with E-state index in [-0.39, 0.29) is 0 Å².